The van der Waals surface area contributed by atoms with Gasteiger partial charge >= 0.3 is 12.1 Å². The van der Waals surface area contributed by atoms with Gasteiger partial charge in [0.15, 0.2) is 0 Å². The molecule has 3 atom stereocenters. The number of para-hydroxylation sites is 1. The molecule has 0 bridgehead atoms. The zero-order valence-electron chi connectivity index (χ0n) is 20.5. The fourth-order valence-electron chi connectivity index (χ4n) is 4.41. The Hall–Kier alpha value is -3.24. The highest BCUT2D eigenvalue weighted by Gasteiger charge is 2.38. The van der Waals surface area contributed by atoms with Crippen molar-refractivity contribution in [3.63, 3.8) is 0 Å². The van der Waals surface area contributed by atoms with Crippen LogP contribution in [0.3, 0.4) is 0 Å². The molecule has 2 heterocycles. The lowest BCUT2D eigenvalue weighted by atomic mass is 10.0. The van der Waals surface area contributed by atoms with E-state index >= 15 is 0 Å². The van der Waals surface area contributed by atoms with Crippen molar-refractivity contribution in [1.29, 1.82) is 0 Å². The van der Waals surface area contributed by atoms with Crippen LogP contribution in [0.1, 0.15) is 44.6 Å². The van der Waals surface area contributed by atoms with E-state index in [0.717, 1.165) is 36.4 Å². The van der Waals surface area contributed by atoms with Gasteiger partial charge in [-0.15, -0.1) is 0 Å². The van der Waals surface area contributed by atoms with E-state index < -0.39 is 12.1 Å². The van der Waals surface area contributed by atoms with Crippen LogP contribution in [0.15, 0.2) is 59.4 Å². The molecule has 4 rings (SSSR count). The maximum absolute atomic E-state index is 13.5. The first-order valence-electron chi connectivity index (χ1n) is 11.9. The summed E-state index contributed by atoms with van der Waals surface area (Å²) in [6.07, 6.45) is -4.17. The minimum absolute atomic E-state index is 0.0451. The molecule has 0 radical (unpaired) electrons. The van der Waals surface area contributed by atoms with Crippen molar-refractivity contribution in [2.24, 2.45) is 0 Å². The number of piperazine rings is 1. The summed E-state index contributed by atoms with van der Waals surface area (Å²) < 4.78 is 33.6. The summed E-state index contributed by atoms with van der Waals surface area (Å²) in [4.78, 5) is 29.9. The SMILES string of the molecule is CCC(c1nc2ccccc2c(=O)n1Cc1ccccc1)N1CC(C)NCC1C.O=C(O)C(F)(F)F. The van der Waals surface area contributed by atoms with Gasteiger partial charge in [-0.05, 0) is 38.0 Å². The van der Waals surface area contributed by atoms with E-state index in [0.29, 0.717) is 24.0 Å². The summed E-state index contributed by atoms with van der Waals surface area (Å²) in [7, 11) is 0. The summed E-state index contributed by atoms with van der Waals surface area (Å²) in [6, 6.07) is 18.8. The van der Waals surface area contributed by atoms with Crippen molar-refractivity contribution in [1.82, 2.24) is 19.8 Å². The average Bonchev–Trinajstić information content (AvgIpc) is 2.84. The van der Waals surface area contributed by atoms with Crippen molar-refractivity contribution in [2.75, 3.05) is 13.1 Å². The molecule has 194 valence electrons. The zero-order chi connectivity index (χ0) is 26.5. The third kappa shape index (κ3) is 6.50. The number of carbonyl (C=O) groups is 1. The minimum Gasteiger partial charge on any atom is -0.475 e. The number of hydrogen-bond donors (Lipinski definition) is 2. The molecule has 1 aliphatic rings. The van der Waals surface area contributed by atoms with Gasteiger partial charge in [0, 0.05) is 25.2 Å². The van der Waals surface area contributed by atoms with E-state index in [2.05, 4.69) is 43.1 Å². The molecule has 3 unspecified atom stereocenters. The third-order valence-electron chi connectivity index (χ3n) is 6.21. The number of carboxylic acid groups (broad SMARTS) is 1. The van der Waals surface area contributed by atoms with Gasteiger partial charge in [-0.1, -0.05) is 49.4 Å². The number of aromatic nitrogens is 2. The van der Waals surface area contributed by atoms with Crippen molar-refractivity contribution in [2.45, 2.75) is 58.0 Å². The van der Waals surface area contributed by atoms with Gasteiger partial charge in [-0.2, -0.15) is 13.2 Å². The summed E-state index contributed by atoms with van der Waals surface area (Å²) in [6.45, 7) is 9.11. The summed E-state index contributed by atoms with van der Waals surface area (Å²) in [5.74, 6) is -1.88. The van der Waals surface area contributed by atoms with Crippen LogP contribution in [-0.4, -0.2) is 56.9 Å². The number of fused-ring (bicyclic) bond motifs is 1. The van der Waals surface area contributed by atoms with E-state index in [-0.39, 0.29) is 11.6 Å². The molecular weight excluding hydrogens is 473 g/mol. The standard InChI is InChI=1S/C24H30N4O.C2HF3O2/c1-4-22(27-15-17(2)25-14-18(27)3)23-26-21-13-9-8-12-20(21)24(29)28(23)16-19-10-6-5-7-11-19;3-2(4,5)1(6)7/h5-13,17-18,22,25H,4,14-16H2,1-3H3;(H,6,7). The van der Waals surface area contributed by atoms with Crippen molar-refractivity contribution in [3.05, 3.63) is 76.3 Å². The lowest BCUT2D eigenvalue weighted by Crippen LogP contribution is -2.55. The number of rotatable bonds is 5. The third-order valence-corrected chi connectivity index (χ3v) is 6.21. The number of alkyl halides is 3. The van der Waals surface area contributed by atoms with E-state index in [1.165, 1.54) is 0 Å². The molecule has 7 nitrogen and oxygen atoms in total. The quantitative estimate of drug-likeness (QED) is 0.541. The molecule has 36 heavy (non-hydrogen) atoms. The second-order valence-corrected chi connectivity index (χ2v) is 8.95. The number of nitrogens with one attached hydrogen (secondary N) is 1. The molecule has 0 aliphatic carbocycles. The Balaban J connectivity index is 0.000000454. The number of aliphatic carboxylic acids is 1. The summed E-state index contributed by atoms with van der Waals surface area (Å²) in [5, 5.41) is 11.4. The maximum atomic E-state index is 13.5. The van der Waals surface area contributed by atoms with Crippen molar-refractivity contribution >= 4 is 16.9 Å². The minimum atomic E-state index is -5.08. The summed E-state index contributed by atoms with van der Waals surface area (Å²) in [5.41, 5.74) is 1.94. The Kier molecular flexibility index (Phi) is 8.86. The molecule has 1 aromatic heterocycles. The normalized spacial score (nSPS) is 19.4. The van der Waals surface area contributed by atoms with Gasteiger partial charge in [-0.25, -0.2) is 9.78 Å². The molecule has 1 fully saturated rings. The van der Waals surface area contributed by atoms with Gasteiger partial charge in [0.25, 0.3) is 5.56 Å². The van der Waals surface area contributed by atoms with E-state index in [9.17, 15) is 18.0 Å². The lowest BCUT2D eigenvalue weighted by molar-refractivity contribution is -0.192. The number of hydrogen-bond acceptors (Lipinski definition) is 5. The van der Waals surface area contributed by atoms with E-state index in [1.54, 1.807) is 0 Å². The molecule has 2 N–H and O–H groups in total. The monoisotopic (exact) mass is 504 g/mol. The fraction of sp³-hybridized carbons (Fsp3) is 0.423. The molecule has 0 spiro atoms. The Morgan fingerprint density at radius 2 is 1.75 bits per heavy atom. The van der Waals surface area contributed by atoms with E-state index in [4.69, 9.17) is 14.9 Å². The summed E-state index contributed by atoms with van der Waals surface area (Å²) >= 11 is 0. The number of halogens is 3. The zero-order valence-corrected chi connectivity index (χ0v) is 20.5. The predicted octanol–water partition coefficient (Wildman–Crippen LogP) is 4.21. The second-order valence-electron chi connectivity index (χ2n) is 8.95. The predicted molar refractivity (Wildman–Crippen MR) is 132 cm³/mol. The van der Waals surface area contributed by atoms with Gasteiger partial charge in [0.2, 0.25) is 0 Å². The Labute approximate surface area is 207 Å². The van der Waals surface area contributed by atoms with Crippen LogP contribution in [0.5, 0.6) is 0 Å². The highest BCUT2D eigenvalue weighted by Crippen LogP contribution is 2.27. The fourth-order valence-corrected chi connectivity index (χ4v) is 4.41. The lowest BCUT2D eigenvalue weighted by Gasteiger charge is -2.42. The van der Waals surface area contributed by atoms with Crippen molar-refractivity contribution in [3.8, 4) is 0 Å². The number of carboxylic acids is 1. The molecule has 0 saturated carbocycles. The van der Waals surface area contributed by atoms with Crippen LogP contribution in [0, 0.1) is 0 Å². The van der Waals surface area contributed by atoms with E-state index in [1.807, 2.05) is 47.0 Å². The molecule has 10 heteroatoms. The first-order valence-corrected chi connectivity index (χ1v) is 11.9. The first kappa shape index (κ1) is 27.3. The molecule has 3 aromatic rings. The number of nitrogens with zero attached hydrogens (tertiary/aromatic N) is 3. The molecule has 1 aliphatic heterocycles. The maximum Gasteiger partial charge on any atom is 0.490 e. The van der Waals surface area contributed by atoms with Crippen LogP contribution in [0.2, 0.25) is 0 Å². The Bertz CT molecular complexity index is 1230. The highest BCUT2D eigenvalue weighted by atomic mass is 19.4. The largest absolute Gasteiger partial charge is 0.490 e. The van der Waals surface area contributed by atoms with Crippen LogP contribution in [0.4, 0.5) is 13.2 Å². The van der Waals surface area contributed by atoms with Gasteiger partial charge in [-0.3, -0.25) is 14.3 Å². The first-order chi connectivity index (χ1) is 17.0. The van der Waals surface area contributed by atoms with Gasteiger partial charge < -0.3 is 10.4 Å². The highest BCUT2D eigenvalue weighted by molar-refractivity contribution is 5.77. The Morgan fingerprint density at radius 3 is 2.36 bits per heavy atom. The van der Waals surface area contributed by atoms with Crippen LogP contribution >= 0.6 is 0 Å². The van der Waals surface area contributed by atoms with Gasteiger partial charge in [0.05, 0.1) is 23.5 Å². The van der Waals surface area contributed by atoms with Crippen LogP contribution in [-0.2, 0) is 11.3 Å². The van der Waals surface area contributed by atoms with Gasteiger partial charge in [0.1, 0.15) is 5.82 Å². The molecule has 1 saturated heterocycles. The van der Waals surface area contributed by atoms with Crippen molar-refractivity contribution < 1.29 is 23.1 Å². The topological polar surface area (TPSA) is 87.5 Å². The van der Waals surface area contributed by atoms with Crippen LogP contribution in [0.25, 0.3) is 10.9 Å². The molecular formula is C26H31F3N4O3. The van der Waals surface area contributed by atoms with Crippen LogP contribution < -0.4 is 10.9 Å². The molecule has 2 aromatic carbocycles. The smallest absolute Gasteiger partial charge is 0.475 e. The molecule has 0 amide bonds. The average molecular weight is 505 g/mol. The second kappa shape index (κ2) is 11.7. The number of benzene rings is 2. The Morgan fingerprint density at radius 1 is 1.14 bits per heavy atom.